The molecule has 0 heterocycles. The number of nitrogens with one attached hydrogen (secondary N) is 2. The van der Waals surface area contributed by atoms with Crippen molar-refractivity contribution < 1.29 is 24.2 Å². The first-order valence-corrected chi connectivity index (χ1v) is 10.5. The van der Waals surface area contributed by atoms with Gasteiger partial charge < -0.3 is 20.5 Å². The van der Waals surface area contributed by atoms with E-state index in [1.807, 2.05) is 57.2 Å². The third-order valence-corrected chi connectivity index (χ3v) is 5.39. The van der Waals surface area contributed by atoms with Crippen LogP contribution in [0.5, 0.6) is 0 Å². The average Bonchev–Trinajstić information content (AvgIpc) is 3.06. The molecule has 0 spiro atoms. The molecule has 0 saturated heterocycles. The van der Waals surface area contributed by atoms with Crippen LogP contribution in [-0.2, 0) is 14.3 Å². The molecule has 0 aliphatic heterocycles. The number of ether oxygens (including phenoxy) is 1. The SMILES string of the molecule is CC(C)(C)C(NC(=O)OCC1c2ccccc2-c2ccccc21)C(=O)NC/C=C/C(=O)O. The minimum atomic E-state index is -1.09. The molecule has 0 radical (unpaired) electrons. The Kier molecular flexibility index (Phi) is 6.98. The largest absolute Gasteiger partial charge is 0.478 e. The number of carbonyl (C=O) groups excluding carboxylic acids is 2. The number of hydrogen-bond donors (Lipinski definition) is 3. The fraction of sp³-hybridized carbons (Fsp3) is 0.320. The number of amides is 2. The molecule has 1 unspecified atom stereocenters. The van der Waals surface area contributed by atoms with Gasteiger partial charge in [0.15, 0.2) is 0 Å². The van der Waals surface area contributed by atoms with Crippen molar-refractivity contribution in [2.75, 3.05) is 13.2 Å². The van der Waals surface area contributed by atoms with Crippen molar-refractivity contribution in [2.45, 2.75) is 32.7 Å². The van der Waals surface area contributed by atoms with Crippen LogP contribution < -0.4 is 10.6 Å². The maximum absolute atomic E-state index is 12.6. The number of fused-ring (bicyclic) bond motifs is 3. The van der Waals surface area contributed by atoms with Crippen molar-refractivity contribution in [1.82, 2.24) is 10.6 Å². The fourth-order valence-corrected chi connectivity index (χ4v) is 3.85. The van der Waals surface area contributed by atoms with E-state index in [-0.39, 0.29) is 19.1 Å². The molecule has 1 aliphatic carbocycles. The highest BCUT2D eigenvalue weighted by atomic mass is 16.5. The van der Waals surface area contributed by atoms with E-state index in [0.717, 1.165) is 28.3 Å². The molecule has 0 fully saturated rings. The van der Waals surface area contributed by atoms with Crippen LogP contribution in [0.15, 0.2) is 60.7 Å². The Morgan fingerprint density at radius 2 is 1.59 bits per heavy atom. The molecule has 0 bridgehead atoms. The molecule has 32 heavy (non-hydrogen) atoms. The van der Waals surface area contributed by atoms with Gasteiger partial charge in [-0.25, -0.2) is 9.59 Å². The highest BCUT2D eigenvalue weighted by Crippen LogP contribution is 2.44. The van der Waals surface area contributed by atoms with Crippen LogP contribution in [0.1, 0.15) is 37.8 Å². The van der Waals surface area contributed by atoms with E-state index < -0.39 is 29.4 Å². The Morgan fingerprint density at radius 3 is 2.12 bits per heavy atom. The van der Waals surface area contributed by atoms with Crippen molar-refractivity contribution in [3.63, 3.8) is 0 Å². The molecule has 1 atom stereocenters. The quantitative estimate of drug-likeness (QED) is 0.574. The van der Waals surface area contributed by atoms with Gasteiger partial charge in [0.2, 0.25) is 5.91 Å². The van der Waals surface area contributed by atoms with Gasteiger partial charge in [-0.1, -0.05) is 75.4 Å². The summed E-state index contributed by atoms with van der Waals surface area (Å²) in [5.41, 5.74) is 3.91. The zero-order valence-electron chi connectivity index (χ0n) is 18.4. The first kappa shape index (κ1) is 23.1. The molecule has 2 aromatic rings. The summed E-state index contributed by atoms with van der Waals surface area (Å²) in [4.78, 5) is 35.7. The molecule has 7 nitrogen and oxygen atoms in total. The molecule has 168 valence electrons. The van der Waals surface area contributed by atoms with Crippen LogP contribution in [-0.4, -0.2) is 42.3 Å². The lowest BCUT2D eigenvalue weighted by molar-refractivity contribution is -0.131. The van der Waals surface area contributed by atoms with Crippen LogP contribution in [0.4, 0.5) is 4.79 Å². The van der Waals surface area contributed by atoms with Crippen LogP contribution >= 0.6 is 0 Å². The number of rotatable bonds is 7. The van der Waals surface area contributed by atoms with Gasteiger partial charge in [-0.2, -0.15) is 0 Å². The first-order chi connectivity index (χ1) is 15.2. The Bertz CT molecular complexity index is 993. The molecule has 1 aliphatic rings. The van der Waals surface area contributed by atoms with Gasteiger partial charge in [0.25, 0.3) is 0 Å². The van der Waals surface area contributed by atoms with Crippen LogP contribution in [0, 0.1) is 5.41 Å². The van der Waals surface area contributed by atoms with E-state index >= 15 is 0 Å². The number of carbonyl (C=O) groups is 3. The van der Waals surface area contributed by atoms with Crippen LogP contribution in [0.3, 0.4) is 0 Å². The lowest BCUT2D eigenvalue weighted by Gasteiger charge is -2.30. The summed E-state index contributed by atoms with van der Waals surface area (Å²) >= 11 is 0. The molecule has 2 amide bonds. The predicted octanol–water partition coefficient (Wildman–Crippen LogP) is 3.70. The molecule has 3 rings (SSSR count). The van der Waals surface area contributed by atoms with Crippen molar-refractivity contribution in [3.8, 4) is 11.1 Å². The van der Waals surface area contributed by atoms with Gasteiger partial charge in [-0.15, -0.1) is 0 Å². The van der Waals surface area contributed by atoms with Crippen molar-refractivity contribution >= 4 is 18.0 Å². The second-order valence-corrected chi connectivity index (χ2v) is 8.75. The summed E-state index contributed by atoms with van der Waals surface area (Å²) in [5, 5.41) is 13.9. The van der Waals surface area contributed by atoms with Gasteiger partial charge >= 0.3 is 12.1 Å². The second kappa shape index (κ2) is 9.68. The lowest BCUT2D eigenvalue weighted by Crippen LogP contribution is -2.53. The minimum Gasteiger partial charge on any atom is -0.478 e. The minimum absolute atomic E-state index is 0.0457. The fourth-order valence-electron chi connectivity index (χ4n) is 3.85. The third kappa shape index (κ3) is 5.35. The highest BCUT2D eigenvalue weighted by Gasteiger charge is 2.34. The Labute approximate surface area is 187 Å². The molecule has 7 heteroatoms. The monoisotopic (exact) mass is 436 g/mol. The Hall–Kier alpha value is -3.61. The third-order valence-electron chi connectivity index (χ3n) is 5.39. The van der Waals surface area contributed by atoms with Crippen molar-refractivity contribution in [2.24, 2.45) is 5.41 Å². The topological polar surface area (TPSA) is 105 Å². The zero-order valence-corrected chi connectivity index (χ0v) is 18.4. The maximum Gasteiger partial charge on any atom is 0.407 e. The normalized spacial score (nSPS) is 13.8. The van der Waals surface area contributed by atoms with E-state index in [0.29, 0.717) is 0 Å². The molecular weight excluding hydrogens is 408 g/mol. The first-order valence-electron chi connectivity index (χ1n) is 10.5. The summed E-state index contributed by atoms with van der Waals surface area (Å²) < 4.78 is 5.55. The van der Waals surface area contributed by atoms with Crippen molar-refractivity contribution in [1.29, 1.82) is 0 Å². The van der Waals surface area contributed by atoms with E-state index in [9.17, 15) is 14.4 Å². The number of aliphatic carboxylic acids is 1. The summed E-state index contributed by atoms with van der Waals surface area (Å²) in [6.45, 7) is 5.68. The average molecular weight is 437 g/mol. The van der Waals surface area contributed by atoms with E-state index in [2.05, 4.69) is 22.8 Å². The van der Waals surface area contributed by atoms with E-state index in [4.69, 9.17) is 9.84 Å². The summed E-state index contributed by atoms with van der Waals surface area (Å²) in [7, 11) is 0. The Morgan fingerprint density at radius 1 is 1.03 bits per heavy atom. The van der Waals surface area contributed by atoms with Crippen LogP contribution in [0.2, 0.25) is 0 Å². The number of carboxylic acid groups (broad SMARTS) is 1. The van der Waals surface area contributed by atoms with Gasteiger partial charge in [0.1, 0.15) is 12.6 Å². The lowest BCUT2D eigenvalue weighted by atomic mass is 9.86. The van der Waals surface area contributed by atoms with Crippen LogP contribution in [0.25, 0.3) is 11.1 Å². The maximum atomic E-state index is 12.6. The van der Waals surface area contributed by atoms with Gasteiger partial charge in [-0.05, 0) is 27.7 Å². The van der Waals surface area contributed by atoms with E-state index in [1.54, 1.807) is 0 Å². The summed E-state index contributed by atoms with van der Waals surface area (Å²) in [6, 6.07) is 15.3. The van der Waals surface area contributed by atoms with E-state index in [1.165, 1.54) is 6.08 Å². The van der Waals surface area contributed by atoms with Gasteiger partial charge in [-0.3, -0.25) is 4.79 Å². The molecule has 0 aromatic heterocycles. The number of carboxylic acids is 1. The molecule has 2 aromatic carbocycles. The second-order valence-electron chi connectivity index (χ2n) is 8.75. The van der Waals surface area contributed by atoms with Gasteiger partial charge in [0, 0.05) is 18.5 Å². The summed E-state index contributed by atoms with van der Waals surface area (Å²) in [5.74, 6) is -1.58. The smallest absolute Gasteiger partial charge is 0.407 e. The highest BCUT2D eigenvalue weighted by molar-refractivity contribution is 5.87. The molecule has 0 saturated carbocycles. The van der Waals surface area contributed by atoms with Gasteiger partial charge in [0.05, 0.1) is 0 Å². The number of alkyl carbamates (subject to hydrolysis) is 1. The number of benzene rings is 2. The standard InChI is InChI=1S/C25H28N2O5/c1-25(2,3)22(23(30)26-14-8-13-21(28)29)27-24(31)32-15-20-18-11-6-4-9-16(18)17-10-5-7-12-19(17)20/h4-13,20,22H,14-15H2,1-3H3,(H,26,30)(H,27,31)(H,28,29)/b13-8+. The van der Waals surface area contributed by atoms with Crippen molar-refractivity contribution in [3.05, 3.63) is 71.8 Å². The molecular formula is C25H28N2O5. The molecule has 3 N–H and O–H groups in total. The number of hydrogen-bond acceptors (Lipinski definition) is 4. The predicted molar refractivity (Wildman–Crippen MR) is 121 cm³/mol. The zero-order chi connectivity index (χ0) is 23.3. The summed E-state index contributed by atoms with van der Waals surface area (Å²) in [6.07, 6.45) is 1.60. The Balaban J connectivity index is 1.65.